The second kappa shape index (κ2) is 6.36. The van der Waals surface area contributed by atoms with E-state index in [2.05, 4.69) is 28.6 Å². The maximum absolute atomic E-state index is 11.8. The molecule has 4 heteroatoms. The lowest BCUT2D eigenvalue weighted by Crippen LogP contribution is -2.21. The standard InChI is InChI=1S/C18H22N2O2/c1-3-22-18(21)17-11-15-10-14(6-7-16(15)19-17)13(2)12-20-8-4-5-9-20/h6-7,10-11,19H,2-5,8-9,12H2,1H3. The van der Waals surface area contributed by atoms with Crippen molar-refractivity contribution in [1.82, 2.24) is 9.88 Å². The smallest absolute Gasteiger partial charge is 0.354 e. The Bertz CT molecular complexity index is 696. The summed E-state index contributed by atoms with van der Waals surface area (Å²) in [5, 5.41) is 1.02. The first-order chi connectivity index (χ1) is 10.7. The number of hydrogen-bond donors (Lipinski definition) is 1. The number of hydrogen-bond acceptors (Lipinski definition) is 3. The summed E-state index contributed by atoms with van der Waals surface area (Å²) in [7, 11) is 0. The van der Waals surface area contributed by atoms with Gasteiger partial charge in [-0.05, 0) is 62.2 Å². The lowest BCUT2D eigenvalue weighted by Gasteiger charge is -2.16. The molecule has 0 bridgehead atoms. The van der Waals surface area contributed by atoms with Crippen LogP contribution >= 0.6 is 0 Å². The Labute approximate surface area is 130 Å². The zero-order valence-electron chi connectivity index (χ0n) is 13.0. The summed E-state index contributed by atoms with van der Waals surface area (Å²) in [6, 6.07) is 8.00. The van der Waals surface area contributed by atoms with E-state index in [1.165, 1.54) is 25.9 Å². The van der Waals surface area contributed by atoms with Crippen LogP contribution in [0.15, 0.2) is 30.8 Å². The second-order valence-corrected chi connectivity index (χ2v) is 5.79. The zero-order valence-corrected chi connectivity index (χ0v) is 13.0. The van der Waals surface area contributed by atoms with Crippen molar-refractivity contribution in [2.24, 2.45) is 0 Å². The van der Waals surface area contributed by atoms with E-state index in [0.29, 0.717) is 12.3 Å². The van der Waals surface area contributed by atoms with E-state index in [-0.39, 0.29) is 5.97 Å². The van der Waals surface area contributed by atoms with Crippen molar-refractivity contribution < 1.29 is 9.53 Å². The van der Waals surface area contributed by atoms with Crippen LogP contribution in [0.3, 0.4) is 0 Å². The lowest BCUT2D eigenvalue weighted by atomic mass is 10.1. The summed E-state index contributed by atoms with van der Waals surface area (Å²) in [6.45, 7) is 9.66. The SMILES string of the molecule is C=C(CN1CCCC1)c1ccc2[nH]c(C(=O)OCC)cc2c1. The molecule has 2 heterocycles. The van der Waals surface area contributed by atoms with Gasteiger partial charge in [0.2, 0.25) is 0 Å². The topological polar surface area (TPSA) is 45.3 Å². The monoisotopic (exact) mass is 298 g/mol. The number of nitrogens with one attached hydrogen (secondary N) is 1. The van der Waals surface area contributed by atoms with Crippen molar-refractivity contribution in [2.45, 2.75) is 19.8 Å². The molecular weight excluding hydrogens is 276 g/mol. The number of H-pyrrole nitrogens is 1. The maximum Gasteiger partial charge on any atom is 0.354 e. The van der Waals surface area contributed by atoms with Crippen molar-refractivity contribution in [2.75, 3.05) is 26.2 Å². The molecule has 1 aromatic carbocycles. The van der Waals surface area contributed by atoms with Crippen LogP contribution in [0.25, 0.3) is 16.5 Å². The average molecular weight is 298 g/mol. The molecule has 0 spiro atoms. The van der Waals surface area contributed by atoms with Gasteiger partial charge in [-0.3, -0.25) is 4.90 Å². The third-order valence-corrected chi connectivity index (χ3v) is 4.14. The fraction of sp³-hybridized carbons (Fsp3) is 0.389. The van der Waals surface area contributed by atoms with Gasteiger partial charge in [-0.25, -0.2) is 4.79 Å². The number of fused-ring (bicyclic) bond motifs is 1. The van der Waals surface area contributed by atoms with Crippen molar-refractivity contribution in [1.29, 1.82) is 0 Å². The summed E-state index contributed by atoms with van der Waals surface area (Å²) in [4.78, 5) is 17.3. The Balaban J connectivity index is 1.79. The molecule has 22 heavy (non-hydrogen) atoms. The van der Waals surface area contributed by atoms with E-state index in [9.17, 15) is 4.79 Å². The van der Waals surface area contributed by atoms with E-state index < -0.39 is 0 Å². The highest BCUT2D eigenvalue weighted by Gasteiger charge is 2.14. The van der Waals surface area contributed by atoms with Crippen LogP contribution in [-0.4, -0.2) is 42.1 Å². The third kappa shape index (κ3) is 3.07. The molecule has 1 saturated heterocycles. The predicted octanol–water partition coefficient (Wildman–Crippen LogP) is 3.45. The molecule has 3 rings (SSSR count). The number of likely N-dealkylation sites (tertiary alicyclic amines) is 1. The molecule has 2 aromatic rings. The van der Waals surface area contributed by atoms with Gasteiger partial charge in [0, 0.05) is 17.4 Å². The number of carbonyl (C=O) groups is 1. The van der Waals surface area contributed by atoms with Crippen molar-refractivity contribution in [3.05, 3.63) is 42.1 Å². The van der Waals surface area contributed by atoms with Gasteiger partial charge in [-0.2, -0.15) is 0 Å². The van der Waals surface area contributed by atoms with Gasteiger partial charge in [0.15, 0.2) is 0 Å². The minimum Gasteiger partial charge on any atom is -0.461 e. The zero-order chi connectivity index (χ0) is 15.5. The van der Waals surface area contributed by atoms with Crippen molar-refractivity contribution in [3.8, 4) is 0 Å². The Morgan fingerprint density at radius 3 is 2.82 bits per heavy atom. The van der Waals surface area contributed by atoms with Crippen LogP contribution < -0.4 is 0 Å². The predicted molar refractivity (Wildman–Crippen MR) is 89.0 cm³/mol. The van der Waals surface area contributed by atoms with Gasteiger partial charge in [-0.15, -0.1) is 0 Å². The summed E-state index contributed by atoms with van der Waals surface area (Å²) in [5.74, 6) is -0.309. The Hall–Kier alpha value is -2.07. The fourth-order valence-corrected chi connectivity index (χ4v) is 2.97. The Kier molecular flexibility index (Phi) is 4.29. The number of carbonyl (C=O) groups excluding carboxylic acids is 1. The van der Waals surface area contributed by atoms with E-state index in [4.69, 9.17) is 4.74 Å². The number of esters is 1. The fourth-order valence-electron chi connectivity index (χ4n) is 2.97. The van der Waals surface area contributed by atoms with Crippen molar-refractivity contribution in [3.63, 3.8) is 0 Å². The number of nitrogens with zero attached hydrogens (tertiary/aromatic N) is 1. The first kappa shape index (κ1) is 14.9. The van der Waals surface area contributed by atoms with Crippen LogP contribution in [0.5, 0.6) is 0 Å². The van der Waals surface area contributed by atoms with E-state index in [0.717, 1.165) is 28.6 Å². The van der Waals surface area contributed by atoms with E-state index in [1.54, 1.807) is 6.92 Å². The molecule has 1 aliphatic heterocycles. The maximum atomic E-state index is 11.8. The van der Waals surface area contributed by atoms with Gasteiger partial charge in [0.1, 0.15) is 5.69 Å². The van der Waals surface area contributed by atoms with Crippen LogP contribution in [0.1, 0.15) is 35.8 Å². The molecular formula is C18H22N2O2. The molecule has 0 radical (unpaired) electrons. The summed E-state index contributed by atoms with van der Waals surface area (Å²) in [5.41, 5.74) is 3.71. The normalized spacial score (nSPS) is 15.3. The molecule has 1 aliphatic rings. The lowest BCUT2D eigenvalue weighted by molar-refractivity contribution is 0.0520. The molecule has 0 aliphatic carbocycles. The van der Waals surface area contributed by atoms with Crippen molar-refractivity contribution >= 4 is 22.4 Å². The highest BCUT2D eigenvalue weighted by atomic mass is 16.5. The Morgan fingerprint density at radius 2 is 2.09 bits per heavy atom. The number of aromatic amines is 1. The highest BCUT2D eigenvalue weighted by Crippen LogP contribution is 2.23. The van der Waals surface area contributed by atoms with Gasteiger partial charge < -0.3 is 9.72 Å². The summed E-state index contributed by atoms with van der Waals surface area (Å²) < 4.78 is 5.03. The summed E-state index contributed by atoms with van der Waals surface area (Å²) >= 11 is 0. The number of ether oxygens (including phenoxy) is 1. The summed E-state index contributed by atoms with van der Waals surface area (Å²) in [6.07, 6.45) is 2.57. The molecule has 0 unspecified atom stereocenters. The van der Waals surface area contributed by atoms with E-state index in [1.807, 2.05) is 12.1 Å². The van der Waals surface area contributed by atoms with Crippen LogP contribution in [0.2, 0.25) is 0 Å². The number of rotatable bonds is 5. The quantitative estimate of drug-likeness (QED) is 0.860. The molecule has 0 amide bonds. The molecule has 4 nitrogen and oxygen atoms in total. The molecule has 1 N–H and O–H groups in total. The molecule has 0 saturated carbocycles. The molecule has 1 aromatic heterocycles. The molecule has 1 fully saturated rings. The first-order valence-electron chi connectivity index (χ1n) is 7.88. The number of benzene rings is 1. The highest BCUT2D eigenvalue weighted by molar-refractivity contribution is 5.95. The number of aromatic nitrogens is 1. The van der Waals surface area contributed by atoms with Gasteiger partial charge in [0.05, 0.1) is 6.61 Å². The average Bonchev–Trinajstić information content (AvgIpc) is 3.15. The molecule has 116 valence electrons. The van der Waals surface area contributed by atoms with Crippen LogP contribution in [0, 0.1) is 0 Å². The van der Waals surface area contributed by atoms with E-state index >= 15 is 0 Å². The minimum absolute atomic E-state index is 0.309. The second-order valence-electron chi connectivity index (χ2n) is 5.79. The minimum atomic E-state index is -0.309. The van der Waals surface area contributed by atoms with Gasteiger partial charge >= 0.3 is 5.97 Å². The van der Waals surface area contributed by atoms with Crippen LogP contribution in [0.4, 0.5) is 0 Å². The first-order valence-corrected chi connectivity index (χ1v) is 7.88. The largest absolute Gasteiger partial charge is 0.461 e. The molecule has 0 atom stereocenters. The van der Waals surface area contributed by atoms with Crippen LogP contribution in [-0.2, 0) is 4.74 Å². The van der Waals surface area contributed by atoms with Gasteiger partial charge in [0.25, 0.3) is 0 Å². The third-order valence-electron chi connectivity index (χ3n) is 4.14. The van der Waals surface area contributed by atoms with Gasteiger partial charge in [-0.1, -0.05) is 12.6 Å². The Morgan fingerprint density at radius 1 is 1.32 bits per heavy atom.